The Labute approximate surface area is 66.2 Å². The van der Waals surface area contributed by atoms with Gasteiger partial charge in [0.15, 0.2) is 0 Å². The molecule has 0 unspecified atom stereocenters. The van der Waals surface area contributed by atoms with Crippen molar-refractivity contribution in [2.75, 3.05) is 6.54 Å². The van der Waals surface area contributed by atoms with Gasteiger partial charge in [0.2, 0.25) is 0 Å². The maximum Gasteiger partial charge on any atom is 0.107 e. The summed E-state index contributed by atoms with van der Waals surface area (Å²) in [6.07, 6.45) is 7.34. The predicted molar refractivity (Wildman–Crippen MR) is 43.3 cm³/mol. The third-order valence-electron chi connectivity index (χ3n) is 2.16. The molecule has 1 aromatic rings. The maximum absolute atomic E-state index is 4.18. The Morgan fingerprint density at radius 2 is 2.64 bits per heavy atom. The Morgan fingerprint density at radius 1 is 1.64 bits per heavy atom. The lowest BCUT2D eigenvalue weighted by Gasteiger charge is -2.06. The topological polar surface area (TPSA) is 40.7 Å². The Hall–Kier alpha value is -0.830. The molecule has 0 aromatic carbocycles. The molecular formula is C8H13N3. The molecule has 1 atom stereocenters. The molecule has 1 fully saturated rings. The summed E-state index contributed by atoms with van der Waals surface area (Å²) in [6, 6.07) is 0.654. The zero-order valence-electron chi connectivity index (χ0n) is 6.51. The van der Waals surface area contributed by atoms with E-state index in [0.717, 1.165) is 12.2 Å². The number of imidazole rings is 1. The van der Waals surface area contributed by atoms with Crippen molar-refractivity contribution >= 4 is 0 Å². The van der Waals surface area contributed by atoms with E-state index in [0.29, 0.717) is 6.04 Å². The standard InChI is InChI=1S/C8H13N3/c1-2-7(9-3-1)6-8-10-4-5-11-8/h4-5,7,9H,1-3,6H2,(H,10,11)/t7-/m0/s1. The van der Waals surface area contributed by atoms with Gasteiger partial charge in [-0.15, -0.1) is 0 Å². The highest BCUT2D eigenvalue weighted by Gasteiger charge is 2.14. The molecule has 2 rings (SSSR count). The summed E-state index contributed by atoms with van der Waals surface area (Å²) in [5.41, 5.74) is 0. The van der Waals surface area contributed by atoms with E-state index < -0.39 is 0 Å². The van der Waals surface area contributed by atoms with Gasteiger partial charge in [-0.1, -0.05) is 0 Å². The van der Waals surface area contributed by atoms with E-state index in [9.17, 15) is 0 Å². The molecule has 0 saturated carbocycles. The maximum atomic E-state index is 4.18. The van der Waals surface area contributed by atoms with Crippen LogP contribution in [-0.4, -0.2) is 22.6 Å². The van der Waals surface area contributed by atoms with Gasteiger partial charge in [0.1, 0.15) is 5.82 Å². The fourth-order valence-electron chi connectivity index (χ4n) is 1.57. The quantitative estimate of drug-likeness (QED) is 0.653. The molecule has 60 valence electrons. The van der Waals surface area contributed by atoms with Crippen molar-refractivity contribution in [1.82, 2.24) is 15.3 Å². The largest absolute Gasteiger partial charge is 0.349 e. The zero-order valence-corrected chi connectivity index (χ0v) is 6.51. The molecule has 1 aliphatic heterocycles. The number of rotatable bonds is 2. The highest BCUT2D eigenvalue weighted by Crippen LogP contribution is 2.08. The molecule has 0 radical (unpaired) electrons. The molecule has 3 nitrogen and oxygen atoms in total. The number of nitrogens with one attached hydrogen (secondary N) is 2. The Balaban J connectivity index is 1.90. The molecule has 0 bridgehead atoms. The molecule has 2 N–H and O–H groups in total. The van der Waals surface area contributed by atoms with Crippen molar-refractivity contribution in [2.24, 2.45) is 0 Å². The number of hydrogen-bond donors (Lipinski definition) is 2. The summed E-state index contributed by atoms with van der Waals surface area (Å²) in [7, 11) is 0. The minimum Gasteiger partial charge on any atom is -0.349 e. The smallest absolute Gasteiger partial charge is 0.107 e. The van der Waals surface area contributed by atoms with Crippen molar-refractivity contribution in [3.8, 4) is 0 Å². The molecule has 3 heteroatoms. The summed E-state index contributed by atoms with van der Waals surface area (Å²) in [5.74, 6) is 1.10. The lowest BCUT2D eigenvalue weighted by atomic mass is 10.1. The van der Waals surface area contributed by atoms with Crippen LogP contribution in [0.1, 0.15) is 18.7 Å². The van der Waals surface area contributed by atoms with Crippen LogP contribution >= 0.6 is 0 Å². The van der Waals surface area contributed by atoms with E-state index >= 15 is 0 Å². The van der Waals surface area contributed by atoms with Crippen LogP contribution in [0.2, 0.25) is 0 Å². The van der Waals surface area contributed by atoms with Gasteiger partial charge in [0.25, 0.3) is 0 Å². The molecule has 1 aromatic heterocycles. The van der Waals surface area contributed by atoms with Crippen molar-refractivity contribution in [1.29, 1.82) is 0 Å². The second-order valence-electron chi connectivity index (χ2n) is 3.03. The van der Waals surface area contributed by atoms with Crippen molar-refractivity contribution in [2.45, 2.75) is 25.3 Å². The lowest BCUT2D eigenvalue weighted by Crippen LogP contribution is -2.24. The average molecular weight is 151 g/mol. The molecular weight excluding hydrogens is 138 g/mol. The van der Waals surface area contributed by atoms with Crippen LogP contribution < -0.4 is 5.32 Å². The van der Waals surface area contributed by atoms with Gasteiger partial charge in [-0.2, -0.15) is 0 Å². The number of hydrogen-bond acceptors (Lipinski definition) is 2. The number of aromatic amines is 1. The summed E-state index contributed by atoms with van der Waals surface area (Å²) >= 11 is 0. The molecule has 2 heterocycles. The second kappa shape index (κ2) is 3.05. The van der Waals surface area contributed by atoms with Crippen LogP contribution in [0.25, 0.3) is 0 Å². The van der Waals surface area contributed by atoms with Gasteiger partial charge in [-0.25, -0.2) is 4.98 Å². The predicted octanol–water partition coefficient (Wildman–Crippen LogP) is 0.704. The van der Waals surface area contributed by atoms with E-state index in [1.807, 2.05) is 12.4 Å². The first-order valence-corrected chi connectivity index (χ1v) is 4.17. The Kier molecular flexibility index (Phi) is 1.90. The number of H-pyrrole nitrogens is 1. The van der Waals surface area contributed by atoms with Crippen LogP contribution in [0.3, 0.4) is 0 Å². The van der Waals surface area contributed by atoms with E-state index in [-0.39, 0.29) is 0 Å². The number of nitrogens with zero attached hydrogens (tertiary/aromatic N) is 1. The highest BCUT2D eigenvalue weighted by molar-refractivity contribution is 4.92. The van der Waals surface area contributed by atoms with E-state index in [1.165, 1.54) is 19.4 Å². The fourth-order valence-corrected chi connectivity index (χ4v) is 1.57. The van der Waals surface area contributed by atoms with Gasteiger partial charge in [0, 0.05) is 24.9 Å². The summed E-state index contributed by atoms with van der Waals surface area (Å²) in [6.45, 7) is 1.17. The molecule has 1 aliphatic rings. The normalized spacial score (nSPS) is 24.2. The zero-order chi connectivity index (χ0) is 7.52. The lowest BCUT2D eigenvalue weighted by molar-refractivity contribution is 0.588. The summed E-state index contributed by atoms with van der Waals surface area (Å²) < 4.78 is 0. The fraction of sp³-hybridized carbons (Fsp3) is 0.625. The van der Waals surface area contributed by atoms with Crippen LogP contribution in [-0.2, 0) is 6.42 Å². The summed E-state index contributed by atoms with van der Waals surface area (Å²) in [4.78, 5) is 7.30. The van der Waals surface area contributed by atoms with Gasteiger partial charge in [-0.05, 0) is 19.4 Å². The third kappa shape index (κ3) is 1.60. The van der Waals surface area contributed by atoms with Crippen LogP contribution in [0.5, 0.6) is 0 Å². The molecule has 0 spiro atoms. The molecule has 11 heavy (non-hydrogen) atoms. The van der Waals surface area contributed by atoms with Gasteiger partial charge in [0.05, 0.1) is 0 Å². The van der Waals surface area contributed by atoms with Crippen LogP contribution in [0, 0.1) is 0 Å². The minimum atomic E-state index is 0.654. The minimum absolute atomic E-state index is 0.654. The third-order valence-corrected chi connectivity index (χ3v) is 2.16. The van der Waals surface area contributed by atoms with Crippen molar-refractivity contribution in [3.05, 3.63) is 18.2 Å². The second-order valence-corrected chi connectivity index (χ2v) is 3.03. The van der Waals surface area contributed by atoms with E-state index in [4.69, 9.17) is 0 Å². The molecule has 0 amide bonds. The first-order valence-electron chi connectivity index (χ1n) is 4.17. The van der Waals surface area contributed by atoms with Crippen LogP contribution in [0.4, 0.5) is 0 Å². The first kappa shape index (κ1) is 6.85. The molecule has 0 aliphatic carbocycles. The van der Waals surface area contributed by atoms with Crippen LogP contribution in [0.15, 0.2) is 12.4 Å². The van der Waals surface area contributed by atoms with Gasteiger partial charge in [-0.3, -0.25) is 0 Å². The Morgan fingerprint density at radius 3 is 3.27 bits per heavy atom. The SMILES string of the molecule is c1c[nH]c(C[C@@H]2CCCN2)n1. The van der Waals surface area contributed by atoms with Crippen molar-refractivity contribution in [3.63, 3.8) is 0 Å². The summed E-state index contributed by atoms with van der Waals surface area (Å²) in [5, 5.41) is 3.43. The number of aromatic nitrogens is 2. The van der Waals surface area contributed by atoms with Crippen molar-refractivity contribution < 1.29 is 0 Å². The highest BCUT2D eigenvalue weighted by atomic mass is 15.0. The first-order chi connectivity index (χ1) is 5.45. The van der Waals surface area contributed by atoms with E-state index in [2.05, 4.69) is 15.3 Å². The average Bonchev–Trinajstić information content (AvgIpc) is 2.60. The van der Waals surface area contributed by atoms with Gasteiger partial charge >= 0.3 is 0 Å². The Bertz CT molecular complexity index is 199. The molecule has 1 saturated heterocycles. The monoisotopic (exact) mass is 151 g/mol. The van der Waals surface area contributed by atoms with Gasteiger partial charge < -0.3 is 10.3 Å². The van der Waals surface area contributed by atoms with E-state index in [1.54, 1.807) is 0 Å².